The van der Waals surface area contributed by atoms with E-state index in [1.807, 2.05) is 0 Å². The Balaban J connectivity index is 1.99. The predicted octanol–water partition coefficient (Wildman–Crippen LogP) is 1.85. The van der Waals surface area contributed by atoms with Crippen LogP contribution in [0.5, 0.6) is 0 Å². The molecule has 2 heterocycles. The van der Waals surface area contributed by atoms with E-state index < -0.39 is 0 Å². The van der Waals surface area contributed by atoms with Gasteiger partial charge in [0.2, 0.25) is 0 Å². The van der Waals surface area contributed by atoms with Crippen LogP contribution in [-0.4, -0.2) is 27.6 Å². The van der Waals surface area contributed by atoms with E-state index in [-0.39, 0.29) is 11.6 Å². The molecule has 0 aliphatic heterocycles. The van der Waals surface area contributed by atoms with E-state index in [9.17, 15) is 4.79 Å². The van der Waals surface area contributed by atoms with Gasteiger partial charge in [-0.3, -0.25) is 4.79 Å². The van der Waals surface area contributed by atoms with Crippen LogP contribution in [0.4, 0.5) is 11.6 Å². The zero-order chi connectivity index (χ0) is 13.7. The fraction of sp³-hybridized carbons (Fsp3) is 0.333. The summed E-state index contributed by atoms with van der Waals surface area (Å²) in [6.45, 7) is 4.62. The number of aryl methyl sites for hydroxylation is 1. The second-order valence-electron chi connectivity index (χ2n) is 3.99. The van der Waals surface area contributed by atoms with Crippen molar-refractivity contribution in [2.75, 3.05) is 17.2 Å². The van der Waals surface area contributed by atoms with Gasteiger partial charge in [0, 0.05) is 12.6 Å². The first-order chi connectivity index (χ1) is 9.19. The van der Waals surface area contributed by atoms with Gasteiger partial charge in [-0.05, 0) is 13.3 Å². The molecular formula is C12H15N5O2. The summed E-state index contributed by atoms with van der Waals surface area (Å²) in [6, 6.07) is 1.63. The van der Waals surface area contributed by atoms with E-state index in [1.54, 1.807) is 13.0 Å². The van der Waals surface area contributed by atoms with Crippen LogP contribution in [0.15, 0.2) is 23.0 Å². The van der Waals surface area contributed by atoms with E-state index in [0.717, 1.165) is 13.0 Å². The van der Waals surface area contributed by atoms with E-state index in [4.69, 9.17) is 4.52 Å². The molecule has 19 heavy (non-hydrogen) atoms. The number of rotatable bonds is 5. The van der Waals surface area contributed by atoms with Gasteiger partial charge in [0.25, 0.3) is 5.91 Å². The maximum atomic E-state index is 11.8. The first-order valence-electron chi connectivity index (χ1n) is 5.99. The molecule has 0 saturated carbocycles. The van der Waals surface area contributed by atoms with Crippen molar-refractivity contribution in [1.29, 1.82) is 0 Å². The molecule has 0 aliphatic rings. The normalized spacial score (nSPS) is 10.2. The lowest BCUT2D eigenvalue weighted by Gasteiger charge is -2.04. The summed E-state index contributed by atoms with van der Waals surface area (Å²) < 4.78 is 4.85. The Morgan fingerprint density at radius 2 is 2.16 bits per heavy atom. The minimum Gasteiger partial charge on any atom is -0.369 e. The third kappa shape index (κ3) is 3.51. The Kier molecular flexibility index (Phi) is 4.07. The highest BCUT2D eigenvalue weighted by Gasteiger charge is 2.10. The van der Waals surface area contributed by atoms with Gasteiger partial charge in [-0.15, -0.1) is 0 Å². The van der Waals surface area contributed by atoms with Crippen LogP contribution in [0.25, 0.3) is 0 Å². The number of nitrogens with zero attached hydrogens (tertiary/aromatic N) is 3. The third-order valence-electron chi connectivity index (χ3n) is 2.31. The molecule has 2 rings (SSSR count). The molecule has 0 fully saturated rings. The molecule has 0 aliphatic carbocycles. The van der Waals surface area contributed by atoms with Crippen LogP contribution in [0, 0.1) is 6.92 Å². The Morgan fingerprint density at radius 1 is 1.32 bits per heavy atom. The number of hydrogen-bond donors (Lipinski definition) is 2. The summed E-state index contributed by atoms with van der Waals surface area (Å²) in [4.78, 5) is 20.0. The molecule has 1 amide bonds. The summed E-state index contributed by atoms with van der Waals surface area (Å²) in [5, 5.41) is 9.33. The zero-order valence-electron chi connectivity index (χ0n) is 10.8. The quantitative estimate of drug-likeness (QED) is 0.853. The van der Waals surface area contributed by atoms with Gasteiger partial charge in [-0.25, -0.2) is 9.97 Å². The average Bonchev–Trinajstić information content (AvgIpc) is 2.82. The molecule has 2 N–H and O–H groups in total. The van der Waals surface area contributed by atoms with Gasteiger partial charge in [0.1, 0.15) is 17.3 Å². The molecule has 0 saturated heterocycles. The second kappa shape index (κ2) is 5.94. The van der Waals surface area contributed by atoms with Crippen molar-refractivity contribution in [2.45, 2.75) is 20.3 Å². The van der Waals surface area contributed by atoms with Crippen molar-refractivity contribution in [2.24, 2.45) is 0 Å². The molecular weight excluding hydrogens is 246 g/mol. The Morgan fingerprint density at radius 3 is 2.74 bits per heavy atom. The number of nitrogens with one attached hydrogen (secondary N) is 2. The fourth-order valence-corrected chi connectivity index (χ4v) is 1.40. The summed E-state index contributed by atoms with van der Waals surface area (Å²) in [5.74, 6) is 1.26. The largest absolute Gasteiger partial charge is 0.369 e. The van der Waals surface area contributed by atoms with Gasteiger partial charge in [-0.1, -0.05) is 12.1 Å². The number of aromatic nitrogens is 3. The first-order valence-corrected chi connectivity index (χ1v) is 5.99. The Hall–Kier alpha value is -2.44. The van der Waals surface area contributed by atoms with Crippen LogP contribution >= 0.6 is 0 Å². The smallest absolute Gasteiger partial charge is 0.277 e. The van der Waals surface area contributed by atoms with Gasteiger partial charge in [0.15, 0.2) is 5.82 Å². The molecule has 0 radical (unpaired) electrons. The van der Waals surface area contributed by atoms with E-state index in [0.29, 0.717) is 17.4 Å². The molecule has 100 valence electrons. The minimum atomic E-state index is -0.372. The van der Waals surface area contributed by atoms with Crippen molar-refractivity contribution in [3.05, 3.63) is 29.9 Å². The van der Waals surface area contributed by atoms with Crippen molar-refractivity contribution in [3.8, 4) is 0 Å². The van der Waals surface area contributed by atoms with Gasteiger partial charge >= 0.3 is 0 Å². The van der Waals surface area contributed by atoms with Gasteiger partial charge < -0.3 is 15.2 Å². The summed E-state index contributed by atoms with van der Waals surface area (Å²) in [5.41, 5.74) is 0.225. The maximum Gasteiger partial charge on any atom is 0.277 e. The molecule has 7 nitrogen and oxygen atoms in total. The predicted molar refractivity (Wildman–Crippen MR) is 70.0 cm³/mol. The van der Waals surface area contributed by atoms with E-state index in [2.05, 4.69) is 32.7 Å². The number of carbonyl (C=O) groups is 1. The molecule has 0 spiro atoms. The van der Waals surface area contributed by atoms with Crippen LogP contribution in [0.3, 0.4) is 0 Å². The first kappa shape index (κ1) is 13.0. The lowest BCUT2D eigenvalue weighted by molar-refractivity contribution is 0.102. The van der Waals surface area contributed by atoms with Crippen LogP contribution in [-0.2, 0) is 0 Å². The molecule has 2 aromatic rings. The van der Waals surface area contributed by atoms with Crippen LogP contribution in [0.2, 0.25) is 0 Å². The second-order valence-corrected chi connectivity index (χ2v) is 3.99. The van der Waals surface area contributed by atoms with E-state index >= 15 is 0 Å². The standard InChI is InChI=1S/C12H15N5O2/c1-3-4-13-11-7-14-9(6-15-11)12(18)16-10-5-8(2)19-17-10/h5-7H,3-4H2,1-2H3,(H,13,15)(H,16,17,18). The minimum absolute atomic E-state index is 0.225. The lowest BCUT2D eigenvalue weighted by Crippen LogP contribution is -2.14. The van der Waals surface area contributed by atoms with Gasteiger partial charge in [-0.2, -0.15) is 0 Å². The summed E-state index contributed by atoms with van der Waals surface area (Å²) >= 11 is 0. The van der Waals surface area contributed by atoms with Gasteiger partial charge in [0.05, 0.1) is 12.4 Å². The molecule has 7 heteroatoms. The number of carbonyl (C=O) groups excluding carboxylic acids is 1. The Labute approximate surface area is 110 Å². The number of hydrogen-bond acceptors (Lipinski definition) is 6. The summed E-state index contributed by atoms with van der Waals surface area (Å²) in [6.07, 6.45) is 3.94. The lowest BCUT2D eigenvalue weighted by atomic mass is 10.4. The molecule has 0 bridgehead atoms. The zero-order valence-corrected chi connectivity index (χ0v) is 10.8. The summed E-state index contributed by atoms with van der Waals surface area (Å²) in [7, 11) is 0. The molecule has 0 atom stereocenters. The molecule has 0 unspecified atom stereocenters. The molecule has 0 aromatic carbocycles. The monoisotopic (exact) mass is 261 g/mol. The Bertz CT molecular complexity index is 550. The van der Waals surface area contributed by atoms with Crippen molar-refractivity contribution in [3.63, 3.8) is 0 Å². The van der Waals surface area contributed by atoms with Crippen molar-refractivity contribution >= 4 is 17.5 Å². The van der Waals surface area contributed by atoms with Crippen molar-refractivity contribution < 1.29 is 9.32 Å². The van der Waals surface area contributed by atoms with E-state index in [1.165, 1.54) is 12.4 Å². The average molecular weight is 261 g/mol. The van der Waals surface area contributed by atoms with Crippen molar-refractivity contribution in [1.82, 2.24) is 15.1 Å². The highest BCUT2D eigenvalue weighted by molar-refractivity contribution is 6.02. The number of anilines is 2. The highest BCUT2D eigenvalue weighted by Crippen LogP contribution is 2.09. The fourth-order valence-electron chi connectivity index (χ4n) is 1.40. The maximum absolute atomic E-state index is 11.8. The number of amides is 1. The SMILES string of the molecule is CCCNc1cnc(C(=O)Nc2cc(C)on2)cn1. The third-order valence-corrected chi connectivity index (χ3v) is 2.31. The topological polar surface area (TPSA) is 92.9 Å². The highest BCUT2D eigenvalue weighted by atomic mass is 16.5. The molecule has 2 aromatic heterocycles. The van der Waals surface area contributed by atoms with Crippen LogP contribution < -0.4 is 10.6 Å². The van der Waals surface area contributed by atoms with Crippen LogP contribution in [0.1, 0.15) is 29.6 Å².